The lowest BCUT2D eigenvalue weighted by molar-refractivity contribution is 0.461. The van der Waals surface area contributed by atoms with Gasteiger partial charge in [-0.15, -0.1) is 24.0 Å². The Kier molecular flexibility index (Phi) is 8.22. The number of rotatable bonds is 5. The molecule has 8 heteroatoms. The fourth-order valence-electron chi connectivity index (χ4n) is 3.26. The second-order valence-electron chi connectivity index (χ2n) is 6.74. The van der Waals surface area contributed by atoms with Gasteiger partial charge in [-0.2, -0.15) is 0 Å². The molecule has 1 aliphatic heterocycles. The van der Waals surface area contributed by atoms with Crippen LogP contribution in [0.1, 0.15) is 24.1 Å². The molecule has 2 aromatic rings. The number of anilines is 1. The van der Waals surface area contributed by atoms with Gasteiger partial charge in [0.2, 0.25) is 0 Å². The topological polar surface area (TPSA) is 48.7 Å². The SMILES string of the molecule is CN=C(NCc1ccc(N2CCCC2)nc1)N(C)Cc1cc(Cl)cn1C.I. The lowest BCUT2D eigenvalue weighted by atomic mass is 10.3. The molecule has 3 rings (SSSR count). The van der Waals surface area contributed by atoms with E-state index in [4.69, 9.17) is 11.6 Å². The van der Waals surface area contributed by atoms with Crippen LogP contribution in [-0.2, 0) is 20.1 Å². The van der Waals surface area contributed by atoms with Gasteiger partial charge in [-0.05, 0) is 30.5 Å². The molecule has 1 N–H and O–H groups in total. The molecule has 27 heavy (non-hydrogen) atoms. The lowest BCUT2D eigenvalue weighted by Crippen LogP contribution is -2.38. The zero-order valence-electron chi connectivity index (χ0n) is 16.2. The van der Waals surface area contributed by atoms with E-state index in [0.29, 0.717) is 6.54 Å². The van der Waals surface area contributed by atoms with Crippen molar-refractivity contribution in [3.05, 3.63) is 46.9 Å². The summed E-state index contributed by atoms with van der Waals surface area (Å²) in [6.07, 6.45) is 6.39. The van der Waals surface area contributed by atoms with Crippen LogP contribution in [0.3, 0.4) is 0 Å². The van der Waals surface area contributed by atoms with Crippen LogP contribution in [0.15, 0.2) is 35.6 Å². The van der Waals surface area contributed by atoms with E-state index in [2.05, 4.69) is 37.2 Å². The van der Waals surface area contributed by atoms with Crippen LogP contribution in [0.4, 0.5) is 5.82 Å². The van der Waals surface area contributed by atoms with Crippen molar-refractivity contribution in [3.8, 4) is 0 Å². The summed E-state index contributed by atoms with van der Waals surface area (Å²) in [6, 6.07) is 6.23. The summed E-state index contributed by atoms with van der Waals surface area (Å²) in [7, 11) is 5.81. The summed E-state index contributed by atoms with van der Waals surface area (Å²) in [6.45, 7) is 3.66. The van der Waals surface area contributed by atoms with E-state index in [1.807, 2.05) is 37.1 Å². The van der Waals surface area contributed by atoms with Gasteiger partial charge in [-0.25, -0.2) is 4.98 Å². The first-order valence-corrected chi connectivity index (χ1v) is 9.37. The molecule has 1 aliphatic rings. The first kappa shape index (κ1) is 21.8. The molecule has 0 bridgehead atoms. The number of hydrogen-bond donors (Lipinski definition) is 1. The van der Waals surface area contributed by atoms with Crippen LogP contribution in [0.2, 0.25) is 5.02 Å². The highest BCUT2D eigenvalue weighted by atomic mass is 127. The molecule has 1 saturated heterocycles. The third-order valence-electron chi connectivity index (χ3n) is 4.74. The van der Waals surface area contributed by atoms with Gasteiger partial charge in [-0.3, -0.25) is 4.99 Å². The van der Waals surface area contributed by atoms with Crippen LogP contribution in [-0.4, -0.2) is 47.6 Å². The summed E-state index contributed by atoms with van der Waals surface area (Å²) < 4.78 is 2.03. The molecule has 2 aromatic heterocycles. The van der Waals surface area contributed by atoms with Crippen LogP contribution < -0.4 is 10.2 Å². The molecule has 3 heterocycles. The summed E-state index contributed by atoms with van der Waals surface area (Å²) in [5.41, 5.74) is 2.28. The maximum Gasteiger partial charge on any atom is 0.194 e. The molecule has 1 fully saturated rings. The Morgan fingerprint density at radius 3 is 2.63 bits per heavy atom. The van der Waals surface area contributed by atoms with E-state index in [1.54, 1.807) is 7.05 Å². The molecule has 0 radical (unpaired) electrons. The minimum absolute atomic E-state index is 0. The molecule has 0 amide bonds. The molecule has 0 saturated carbocycles. The molecule has 148 valence electrons. The van der Waals surface area contributed by atoms with Gasteiger partial charge in [0.15, 0.2) is 5.96 Å². The third kappa shape index (κ3) is 5.75. The van der Waals surface area contributed by atoms with Gasteiger partial charge >= 0.3 is 0 Å². The second kappa shape index (κ2) is 10.2. The van der Waals surface area contributed by atoms with Gasteiger partial charge in [0.1, 0.15) is 5.82 Å². The highest BCUT2D eigenvalue weighted by Gasteiger charge is 2.13. The number of hydrogen-bond acceptors (Lipinski definition) is 3. The number of aryl methyl sites for hydroxylation is 1. The Balaban J connectivity index is 0.00000261. The van der Waals surface area contributed by atoms with Crippen LogP contribution in [0.5, 0.6) is 0 Å². The minimum Gasteiger partial charge on any atom is -0.357 e. The van der Waals surface area contributed by atoms with E-state index < -0.39 is 0 Å². The Labute approximate surface area is 183 Å². The number of guanidine groups is 1. The average molecular weight is 503 g/mol. The third-order valence-corrected chi connectivity index (χ3v) is 4.94. The maximum atomic E-state index is 6.07. The minimum atomic E-state index is 0. The fourth-order valence-corrected chi connectivity index (χ4v) is 3.53. The molecular formula is C19H28ClIN6. The predicted octanol–water partition coefficient (Wildman–Crippen LogP) is 3.50. The molecule has 0 unspecified atom stereocenters. The van der Waals surface area contributed by atoms with Crippen LogP contribution >= 0.6 is 35.6 Å². The van der Waals surface area contributed by atoms with Gasteiger partial charge in [-0.1, -0.05) is 17.7 Å². The quantitative estimate of drug-likeness (QED) is 0.386. The number of halogens is 2. The number of aromatic nitrogens is 2. The number of aliphatic imine (C=N–C) groups is 1. The van der Waals surface area contributed by atoms with E-state index in [-0.39, 0.29) is 24.0 Å². The number of nitrogens with one attached hydrogen (secondary N) is 1. The zero-order chi connectivity index (χ0) is 18.5. The molecule has 0 atom stereocenters. The first-order valence-electron chi connectivity index (χ1n) is 8.99. The van der Waals surface area contributed by atoms with Crippen molar-refractivity contribution in [2.45, 2.75) is 25.9 Å². The Bertz CT molecular complexity index is 752. The summed E-state index contributed by atoms with van der Waals surface area (Å²) in [5.74, 6) is 1.92. The van der Waals surface area contributed by atoms with Crippen molar-refractivity contribution in [2.75, 3.05) is 32.1 Å². The van der Waals surface area contributed by atoms with Crippen molar-refractivity contribution in [3.63, 3.8) is 0 Å². The standard InChI is InChI=1S/C19H27ClN6.HI/c1-21-19(25(3)14-17-10-16(20)13-24(17)2)23-12-15-6-7-18(22-11-15)26-8-4-5-9-26;/h6-7,10-11,13H,4-5,8-9,12,14H2,1-3H3,(H,21,23);1H. The van der Waals surface area contributed by atoms with E-state index >= 15 is 0 Å². The van der Waals surface area contributed by atoms with Crippen LogP contribution in [0, 0.1) is 0 Å². The molecule has 0 aliphatic carbocycles. The Morgan fingerprint density at radius 2 is 2.07 bits per heavy atom. The first-order chi connectivity index (χ1) is 12.6. The van der Waals surface area contributed by atoms with Gasteiger partial charge in [0.25, 0.3) is 0 Å². The van der Waals surface area contributed by atoms with Crippen molar-refractivity contribution in [1.82, 2.24) is 19.8 Å². The van der Waals surface area contributed by atoms with Crippen LogP contribution in [0.25, 0.3) is 0 Å². The fraction of sp³-hybridized carbons (Fsp3) is 0.474. The maximum absolute atomic E-state index is 6.07. The van der Waals surface area contributed by atoms with Gasteiger partial charge in [0.05, 0.1) is 11.6 Å². The summed E-state index contributed by atoms with van der Waals surface area (Å²) in [4.78, 5) is 13.4. The summed E-state index contributed by atoms with van der Waals surface area (Å²) in [5, 5.41) is 4.15. The number of nitrogens with zero attached hydrogens (tertiary/aromatic N) is 5. The molecule has 0 spiro atoms. The van der Waals surface area contributed by atoms with E-state index in [9.17, 15) is 0 Å². The zero-order valence-corrected chi connectivity index (χ0v) is 19.2. The van der Waals surface area contributed by atoms with Gasteiger partial charge in [0, 0.05) is 58.9 Å². The van der Waals surface area contributed by atoms with Crippen molar-refractivity contribution in [1.29, 1.82) is 0 Å². The highest BCUT2D eigenvalue weighted by molar-refractivity contribution is 14.0. The largest absolute Gasteiger partial charge is 0.357 e. The molecule has 6 nitrogen and oxygen atoms in total. The molecular weight excluding hydrogens is 475 g/mol. The summed E-state index contributed by atoms with van der Waals surface area (Å²) >= 11 is 6.07. The normalized spacial score (nSPS) is 14.2. The predicted molar refractivity (Wildman–Crippen MR) is 123 cm³/mol. The van der Waals surface area contributed by atoms with Gasteiger partial charge < -0.3 is 19.7 Å². The van der Waals surface area contributed by atoms with Crippen molar-refractivity contribution < 1.29 is 0 Å². The second-order valence-corrected chi connectivity index (χ2v) is 7.17. The molecule has 0 aromatic carbocycles. The highest BCUT2D eigenvalue weighted by Crippen LogP contribution is 2.17. The smallest absolute Gasteiger partial charge is 0.194 e. The van der Waals surface area contributed by atoms with E-state index in [0.717, 1.165) is 47.7 Å². The lowest BCUT2D eigenvalue weighted by Gasteiger charge is -2.22. The van der Waals surface area contributed by atoms with E-state index in [1.165, 1.54) is 12.8 Å². The number of pyridine rings is 1. The van der Waals surface area contributed by atoms with Crippen molar-refractivity contribution in [2.24, 2.45) is 12.0 Å². The van der Waals surface area contributed by atoms with Crippen molar-refractivity contribution >= 4 is 47.4 Å². The average Bonchev–Trinajstić information content (AvgIpc) is 3.26. The monoisotopic (exact) mass is 502 g/mol. The Morgan fingerprint density at radius 1 is 1.33 bits per heavy atom. The Hall–Kier alpha value is -1.48.